The molecule has 0 spiro atoms. The van der Waals surface area contributed by atoms with Crippen LogP contribution in [0.3, 0.4) is 0 Å². The van der Waals surface area contributed by atoms with Crippen LogP contribution in [0.5, 0.6) is 0 Å². The molecule has 0 saturated carbocycles. The highest BCUT2D eigenvalue weighted by Crippen LogP contribution is 2.15. The fourth-order valence-corrected chi connectivity index (χ4v) is 1.14. The second-order valence-electron chi connectivity index (χ2n) is 3.08. The molecule has 0 aliphatic carbocycles. The quantitative estimate of drug-likeness (QED) is 0.387. The number of benzene rings is 1. The summed E-state index contributed by atoms with van der Waals surface area (Å²) >= 11 is 0. The highest BCUT2D eigenvalue weighted by Gasteiger charge is 2.08. The molecule has 0 aliphatic rings. The van der Waals surface area contributed by atoms with Crippen molar-refractivity contribution < 1.29 is 5.11 Å². The normalized spacial score (nSPS) is 15.3. The number of aliphatic hydroxyl groups excluding tert-OH is 1. The summed E-state index contributed by atoms with van der Waals surface area (Å²) in [5.41, 5.74) is 18.1. The highest BCUT2D eigenvalue weighted by molar-refractivity contribution is 5.40. The second-order valence-corrected chi connectivity index (χ2v) is 3.08. The number of anilines is 1. The predicted octanol–water partition coefficient (Wildman–Crippen LogP) is -0.0642. The van der Waals surface area contributed by atoms with Gasteiger partial charge in [-0.05, 0) is 17.7 Å². The number of hydrogen-bond acceptors (Lipinski definition) is 4. The summed E-state index contributed by atoms with van der Waals surface area (Å²) in [5.74, 6) is 0. The van der Waals surface area contributed by atoms with Crippen molar-refractivity contribution in [1.29, 1.82) is 0 Å². The zero-order valence-electron chi connectivity index (χ0n) is 7.35. The zero-order chi connectivity index (χ0) is 9.84. The first-order valence-corrected chi connectivity index (χ1v) is 4.14. The van der Waals surface area contributed by atoms with Crippen LogP contribution in [0.4, 0.5) is 5.69 Å². The van der Waals surface area contributed by atoms with Crippen molar-refractivity contribution >= 4 is 5.69 Å². The first-order valence-electron chi connectivity index (χ1n) is 4.14. The van der Waals surface area contributed by atoms with Crippen molar-refractivity contribution in [3.05, 3.63) is 29.8 Å². The highest BCUT2D eigenvalue weighted by atomic mass is 16.3. The van der Waals surface area contributed by atoms with Gasteiger partial charge in [-0.2, -0.15) is 0 Å². The van der Waals surface area contributed by atoms with E-state index in [0.717, 1.165) is 5.56 Å². The van der Waals surface area contributed by atoms with Crippen molar-refractivity contribution in [2.75, 3.05) is 5.73 Å². The Morgan fingerprint density at radius 3 is 2.15 bits per heavy atom. The number of nitrogen functional groups attached to an aromatic ring is 1. The molecule has 0 radical (unpaired) electrons. The maximum absolute atomic E-state index is 8.91. The van der Waals surface area contributed by atoms with Crippen LogP contribution in [-0.2, 0) is 0 Å². The molecule has 0 fully saturated rings. The number of nitrogens with two attached hydrogens (primary N) is 3. The van der Waals surface area contributed by atoms with Crippen LogP contribution < -0.4 is 17.2 Å². The monoisotopic (exact) mass is 181 g/mol. The van der Waals surface area contributed by atoms with Crippen molar-refractivity contribution in [2.24, 2.45) is 11.5 Å². The van der Waals surface area contributed by atoms with Gasteiger partial charge in [0, 0.05) is 18.2 Å². The van der Waals surface area contributed by atoms with E-state index in [1.165, 1.54) is 0 Å². The average Bonchev–Trinajstić information content (AvgIpc) is 2.04. The van der Waals surface area contributed by atoms with Gasteiger partial charge >= 0.3 is 0 Å². The average molecular weight is 181 g/mol. The van der Waals surface area contributed by atoms with Crippen LogP contribution in [0.2, 0.25) is 0 Å². The van der Waals surface area contributed by atoms with E-state index in [2.05, 4.69) is 0 Å². The van der Waals surface area contributed by atoms with E-state index in [-0.39, 0.29) is 6.04 Å². The lowest BCUT2D eigenvalue weighted by molar-refractivity contribution is 0.163. The van der Waals surface area contributed by atoms with Gasteiger partial charge in [-0.25, -0.2) is 0 Å². The van der Waals surface area contributed by atoms with E-state index in [1.807, 2.05) is 12.1 Å². The third-order valence-corrected chi connectivity index (χ3v) is 1.86. The molecule has 0 saturated heterocycles. The minimum Gasteiger partial charge on any atom is -0.399 e. The summed E-state index contributed by atoms with van der Waals surface area (Å²) in [6, 6.07) is 6.99. The molecular weight excluding hydrogens is 166 g/mol. The third-order valence-electron chi connectivity index (χ3n) is 1.86. The molecule has 7 N–H and O–H groups in total. The summed E-state index contributed by atoms with van der Waals surface area (Å²) in [6.07, 6.45) is -0.517. The number of aliphatic hydroxyl groups is 1. The van der Waals surface area contributed by atoms with E-state index in [9.17, 15) is 0 Å². The van der Waals surface area contributed by atoms with Gasteiger partial charge in [0.2, 0.25) is 0 Å². The lowest BCUT2D eigenvalue weighted by Crippen LogP contribution is -2.25. The SMILES string of the molecule is Nc1ccc(C(N)CC(N)O)cc1. The summed E-state index contributed by atoms with van der Waals surface area (Å²) in [6.45, 7) is 0. The molecule has 2 unspecified atom stereocenters. The van der Waals surface area contributed by atoms with Gasteiger partial charge in [0.05, 0.1) is 0 Å². The minimum atomic E-state index is -0.868. The molecule has 0 amide bonds. The molecule has 0 bridgehead atoms. The van der Waals surface area contributed by atoms with E-state index in [0.29, 0.717) is 12.1 Å². The molecule has 2 atom stereocenters. The lowest BCUT2D eigenvalue weighted by atomic mass is 10.0. The van der Waals surface area contributed by atoms with E-state index >= 15 is 0 Å². The summed E-state index contributed by atoms with van der Waals surface area (Å²) < 4.78 is 0. The fourth-order valence-electron chi connectivity index (χ4n) is 1.14. The Bertz CT molecular complexity index is 258. The lowest BCUT2D eigenvalue weighted by Gasteiger charge is -2.13. The van der Waals surface area contributed by atoms with Gasteiger partial charge < -0.3 is 22.3 Å². The summed E-state index contributed by atoms with van der Waals surface area (Å²) in [7, 11) is 0. The van der Waals surface area contributed by atoms with E-state index in [4.69, 9.17) is 22.3 Å². The standard InChI is InChI=1S/C9H15N3O/c10-7-3-1-6(2-4-7)8(11)5-9(12)13/h1-4,8-9,13H,5,10-12H2. The Labute approximate surface area is 77.3 Å². The van der Waals surface area contributed by atoms with Crippen LogP contribution in [0.15, 0.2) is 24.3 Å². The van der Waals surface area contributed by atoms with Gasteiger partial charge in [0.15, 0.2) is 0 Å². The second kappa shape index (κ2) is 4.23. The predicted molar refractivity (Wildman–Crippen MR) is 52.6 cm³/mol. The first kappa shape index (κ1) is 9.98. The molecule has 1 aromatic carbocycles. The van der Waals surface area contributed by atoms with Crippen LogP contribution in [0, 0.1) is 0 Å². The number of hydrogen-bond donors (Lipinski definition) is 4. The Morgan fingerprint density at radius 2 is 1.69 bits per heavy atom. The first-order chi connectivity index (χ1) is 6.09. The van der Waals surface area contributed by atoms with Crippen molar-refractivity contribution in [3.63, 3.8) is 0 Å². The van der Waals surface area contributed by atoms with Gasteiger partial charge in [-0.1, -0.05) is 12.1 Å². The van der Waals surface area contributed by atoms with E-state index < -0.39 is 6.23 Å². The third kappa shape index (κ3) is 3.02. The Morgan fingerprint density at radius 1 is 1.15 bits per heavy atom. The van der Waals surface area contributed by atoms with Crippen LogP contribution in [0.1, 0.15) is 18.0 Å². The van der Waals surface area contributed by atoms with Gasteiger partial charge in [-0.15, -0.1) is 0 Å². The van der Waals surface area contributed by atoms with Gasteiger partial charge in [0.1, 0.15) is 6.23 Å². The molecule has 72 valence electrons. The number of rotatable bonds is 3. The maximum atomic E-state index is 8.91. The Kier molecular flexibility index (Phi) is 3.25. The van der Waals surface area contributed by atoms with Gasteiger partial charge in [-0.3, -0.25) is 0 Å². The molecule has 0 aromatic heterocycles. The van der Waals surface area contributed by atoms with Crippen molar-refractivity contribution in [3.8, 4) is 0 Å². The molecule has 13 heavy (non-hydrogen) atoms. The van der Waals surface area contributed by atoms with Crippen LogP contribution in [0.25, 0.3) is 0 Å². The molecule has 1 aromatic rings. The molecule has 4 nitrogen and oxygen atoms in total. The molecular formula is C9H15N3O. The molecule has 0 aliphatic heterocycles. The maximum Gasteiger partial charge on any atom is 0.104 e. The van der Waals surface area contributed by atoms with Crippen molar-refractivity contribution in [1.82, 2.24) is 0 Å². The zero-order valence-corrected chi connectivity index (χ0v) is 7.35. The smallest absolute Gasteiger partial charge is 0.104 e. The van der Waals surface area contributed by atoms with Crippen LogP contribution in [-0.4, -0.2) is 11.3 Å². The minimum absolute atomic E-state index is 0.236. The molecule has 4 heteroatoms. The molecule has 0 heterocycles. The van der Waals surface area contributed by atoms with Crippen LogP contribution >= 0.6 is 0 Å². The largest absolute Gasteiger partial charge is 0.399 e. The summed E-state index contributed by atoms with van der Waals surface area (Å²) in [5, 5.41) is 8.91. The van der Waals surface area contributed by atoms with Crippen molar-refractivity contribution in [2.45, 2.75) is 18.7 Å². The Balaban J connectivity index is 2.66. The Hall–Kier alpha value is -1.10. The summed E-state index contributed by atoms with van der Waals surface area (Å²) in [4.78, 5) is 0. The van der Waals surface area contributed by atoms with Gasteiger partial charge in [0.25, 0.3) is 0 Å². The van der Waals surface area contributed by atoms with E-state index in [1.54, 1.807) is 12.1 Å². The molecule has 1 rings (SSSR count). The fraction of sp³-hybridized carbons (Fsp3) is 0.333. The topological polar surface area (TPSA) is 98.3 Å².